The summed E-state index contributed by atoms with van der Waals surface area (Å²) >= 11 is 0. The average Bonchev–Trinajstić information content (AvgIpc) is 3.38. The maximum absolute atomic E-state index is 12.5. The molecule has 2 aromatic rings. The van der Waals surface area contributed by atoms with Gasteiger partial charge in [-0.3, -0.25) is 4.79 Å². The third-order valence-electron chi connectivity index (χ3n) is 5.75. The predicted octanol–water partition coefficient (Wildman–Crippen LogP) is 3.42. The minimum absolute atomic E-state index is 0.0797. The summed E-state index contributed by atoms with van der Waals surface area (Å²) in [4.78, 5) is 19.1. The van der Waals surface area contributed by atoms with Gasteiger partial charge in [-0.15, -0.1) is 0 Å². The zero-order valence-corrected chi connectivity index (χ0v) is 16.5. The van der Waals surface area contributed by atoms with Crippen LogP contribution in [0.15, 0.2) is 36.5 Å². The molecule has 28 heavy (non-hydrogen) atoms. The number of nitrogens with zero attached hydrogens (tertiary/aromatic N) is 3. The first-order valence-corrected chi connectivity index (χ1v) is 10.3. The highest BCUT2D eigenvalue weighted by atomic mass is 16.5. The van der Waals surface area contributed by atoms with E-state index in [1.165, 1.54) is 5.69 Å². The van der Waals surface area contributed by atoms with Gasteiger partial charge in [0.25, 0.3) is 0 Å². The highest BCUT2D eigenvalue weighted by Gasteiger charge is 2.30. The number of imidazole rings is 1. The van der Waals surface area contributed by atoms with Crippen LogP contribution in [0.3, 0.4) is 0 Å². The SMILES string of the molecule is Cc1cnc(C2CCCO2)n1C1CCN(C(=O)COCc2ccccc2)CC1. The van der Waals surface area contributed by atoms with E-state index in [4.69, 9.17) is 9.47 Å². The quantitative estimate of drug-likeness (QED) is 0.767. The Balaban J connectivity index is 1.29. The number of carbonyl (C=O) groups excluding carboxylic acids is 1. The molecule has 2 saturated heterocycles. The van der Waals surface area contributed by atoms with Gasteiger partial charge in [0.2, 0.25) is 5.91 Å². The van der Waals surface area contributed by atoms with E-state index in [0.29, 0.717) is 12.6 Å². The van der Waals surface area contributed by atoms with Gasteiger partial charge in [-0.2, -0.15) is 0 Å². The third-order valence-corrected chi connectivity index (χ3v) is 5.75. The average molecular weight is 383 g/mol. The van der Waals surface area contributed by atoms with Crippen molar-refractivity contribution in [3.05, 3.63) is 53.6 Å². The zero-order chi connectivity index (χ0) is 19.3. The van der Waals surface area contributed by atoms with Crippen molar-refractivity contribution in [3.63, 3.8) is 0 Å². The Labute approximate surface area is 166 Å². The van der Waals surface area contributed by atoms with E-state index in [1.54, 1.807) is 0 Å². The molecule has 2 aliphatic heterocycles. The molecule has 0 bridgehead atoms. The van der Waals surface area contributed by atoms with Gasteiger partial charge in [0.05, 0.1) is 6.61 Å². The van der Waals surface area contributed by atoms with Crippen LogP contribution in [0.1, 0.15) is 54.9 Å². The summed E-state index contributed by atoms with van der Waals surface area (Å²) in [5.74, 6) is 1.14. The summed E-state index contributed by atoms with van der Waals surface area (Å²) in [6.45, 7) is 5.08. The van der Waals surface area contributed by atoms with E-state index in [9.17, 15) is 4.79 Å². The maximum atomic E-state index is 12.5. The van der Waals surface area contributed by atoms with Crippen LogP contribution < -0.4 is 0 Å². The number of likely N-dealkylation sites (tertiary alicyclic amines) is 1. The molecule has 1 aromatic carbocycles. The van der Waals surface area contributed by atoms with Gasteiger partial charge in [0.1, 0.15) is 18.5 Å². The fourth-order valence-electron chi connectivity index (χ4n) is 4.25. The molecule has 1 aromatic heterocycles. The Hall–Kier alpha value is -2.18. The van der Waals surface area contributed by atoms with Crippen LogP contribution in [0, 0.1) is 6.92 Å². The molecule has 4 rings (SSSR count). The normalized spacial score (nSPS) is 20.6. The molecular weight excluding hydrogens is 354 g/mol. The summed E-state index contributed by atoms with van der Waals surface area (Å²) in [6, 6.07) is 10.3. The largest absolute Gasteiger partial charge is 0.370 e. The van der Waals surface area contributed by atoms with E-state index in [2.05, 4.69) is 16.5 Å². The Kier molecular flexibility index (Phi) is 6.07. The molecule has 1 amide bonds. The van der Waals surface area contributed by atoms with Crippen molar-refractivity contribution in [2.75, 3.05) is 26.3 Å². The first-order chi connectivity index (χ1) is 13.7. The topological polar surface area (TPSA) is 56.6 Å². The minimum atomic E-state index is 0.0797. The fourth-order valence-corrected chi connectivity index (χ4v) is 4.25. The van der Waals surface area contributed by atoms with E-state index < -0.39 is 0 Å². The van der Waals surface area contributed by atoms with Crippen molar-refractivity contribution in [1.29, 1.82) is 0 Å². The molecule has 150 valence electrons. The Morgan fingerprint density at radius 1 is 1.21 bits per heavy atom. The number of ether oxygens (including phenoxy) is 2. The lowest BCUT2D eigenvalue weighted by atomic mass is 10.0. The number of benzene rings is 1. The highest BCUT2D eigenvalue weighted by molar-refractivity contribution is 5.77. The monoisotopic (exact) mass is 383 g/mol. The molecule has 0 aliphatic carbocycles. The molecule has 0 radical (unpaired) electrons. The lowest BCUT2D eigenvalue weighted by Crippen LogP contribution is -2.41. The molecule has 6 nitrogen and oxygen atoms in total. The van der Waals surface area contributed by atoms with Crippen LogP contribution >= 0.6 is 0 Å². The molecule has 1 unspecified atom stereocenters. The van der Waals surface area contributed by atoms with Gasteiger partial charge in [-0.1, -0.05) is 30.3 Å². The van der Waals surface area contributed by atoms with Crippen LogP contribution in [0.5, 0.6) is 0 Å². The first-order valence-electron chi connectivity index (χ1n) is 10.3. The smallest absolute Gasteiger partial charge is 0.248 e. The van der Waals surface area contributed by atoms with Gasteiger partial charge in [0.15, 0.2) is 0 Å². The van der Waals surface area contributed by atoms with Crippen LogP contribution in [0.25, 0.3) is 0 Å². The number of amides is 1. The number of piperidine rings is 1. The Bertz CT molecular complexity index is 776. The lowest BCUT2D eigenvalue weighted by molar-refractivity contribution is -0.137. The number of aromatic nitrogens is 2. The second-order valence-electron chi connectivity index (χ2n) is 7.72. The van der Waals surface area contributed by atoms with Crippen molar-refractivity contribution in [2.24, 2.45) is 0 Å². The Morgan fingerprint density at radius 3 is 2.71 bits per heavy atom. The minimum Gasteiger partial charge on any atom is -0.370 e. The summed E-state index contributed by atoms with van der Waals surface area (Å²) < 4.78 is 13.8. The van der Waals surface area contributed by atoms with Crippen molar-refractivity contribution in [2.45, 2.75) is 51.4 Å². The van der Waals surface area contributed by atoms with Gasteiger partial charge in [-0.25, -0.2) is 4.98 Å². The van der Waals surface area contributed by atoms with Crippen LogP contribution in [0.4, 0.5) is 0 Å². The van der Waals surface area contributed by atoms with Gasteiger partial charge in [-0.05, 0) is 38.2 Å². The predicted molar refractivity (Wildman–Crippen MR) is 106 cm³/mol. The van der Waals surface area contributed by atoms with E-state index >= 15 is 0 Å². The van der Waals surface area contributed by atoms with E-state index in [-0.39, 0.29) is 18.6 Å². The summed E-state index contributed by atoms with van der Waals surface area (Å²) in [6.07, 6.45) is 6.12. The van der Waals surface area contributed by atoms with Gasteiger partial charge in [0, 0.05) is 37.6 Å². The lowest BCUT2D eigenvalue weighted by Gasteiger charge is -2.34. The number of hydrogen-bond acceptors (Lipinski definition) is 4. The van der Waals surface area contributed by atoms with Crippen molar-refractivity contribution in [3.8, 4) is 0 Å². The third kappa shape index (κ3) is 4.28. The van der Waals surface area contributed by atoms with Crippen molar-refractivity contribution < 1.29 is 14.3 Å². The van der Waals surface area contributed by atoms with E-state index in [1.807, 2.05) is 41.4 Å². The number of aryl methyl sites for hydroxylation is 1. The summed E-state index contributed by atoms with van der Waals surface area (Å²) in [7, 11) is 0. The standard InChI is InChI=1S/C22H29N3O3/c1-17-14-23-22(20-8-5-13-28-20)25(17)19-9-11-24(12-10-19)21(26)16-27-15-18-6-3-2-4-7-18/h2-4,6-7,14,19-20H,5,8-13,15-16H2,1H3. The van der Waals surface area contributed by atoms with Crippen molar-refractivity contribution >= 4 is 5.91 Å². The summed E-state index contributed by atoms with van der Waals surface area (Å²) in [5.41, 5.74) is 2.27. The van der Waals surface area contributed by atoms with Gasteiger partial charge >= 0.3 is 0 Å². The zero-order valence-electron chi connectivity index (χ0n) is 16.5. The summed E-state index contributed by atoms with van der Waals surface area (Å²) in [5, 5.41) is 0. The van der Waals surface area contributed by atoms with Crippen LogP contribution in [-0.4, -0.2) is 46.7 Å². The number of carbonyl (C=O) groups is 1. The Morgan fingerprint density at radius 2 is 2.00 bits per heavy atom. The number of hydrogen-bond donors (Lipinski definition) is 0. The van der Waals surface area contributed by atoms with Gasteiger partial charge < -0.3 is 18.9 Å². The van der Waals surface area contributed by atoms with Crippen LogP contribution in [0.2, 0.25) is 0 Å². The van der Waals surface area contributed by atoms with Crippen LogP contribution in [-0.2, 0) is 20.9 Å². The molecule has 2 aliphatic rings. The highest BCUT2D eigenvalue weighted by Crippen LogP contribution is 2.33. The molecule has 3 heterocycles. The number of rotatable bonds is 6. The first kappa shape index (κ1) is 19.2. The molecule has 0 N–H and O–H groups in total. The molecular formula is C22H29N3O3. The second-order valence-corrected chi connectivity index (χ2v) is 7.72. The fraction of sp³-hybridized carbons (Fsp3) is 0.545. The second kappa shape index (κ2) is 8.88. The molecule has 0 spiro atoms. The maximum Gasteiger partial charge on any atom is 0.248 e. The molecule has 1 atom stereocenters. The van der Waals surface area contributed by atoms with Crippen molar-refractivity contribution in [1.82, 2.24) is 14.5 Å². The molecule has 2 fully saturated rings. The molecule has 0 saturated carbocycles. The van der Waals surface area contributed by atoms with E-state index in [0.717, 1.165) is 56.8 Å². The molecule has 6 heteroatoms.